The van der Waals surface area contributed by atoms with E-state index in [0.29, 0.717) is 38.9 Å². The predicted octanol–water partition coefficient (Wildman–Crippen LogP) is 3.70. The zero-order chi connectivity index (χ0) is 29.2. The van der Waals surface area contributed by atoms with E-state index in [-0.39, 0.29) is 36.9 Å². The lowest BCUT2D eigenvalue weighted by Crippen LogP contribution is -2.58. The topological polar surface area (TPSA) is 90.4 Å². The molecule has 1 N–H and O–H groups in total. The summed E-state index contributed by atoms with van der Waals surface area (Å²) in [7, 11) is 0. The molecule has 1 aromatic rings. The Hall–Kier alpha value is -2.97. The Morgan fingerprint density at radius 3 is 2.41 bits per heavy atom. The van der Waals surface area contributed by atoms with Crippen LogP contribution in [0.5, 0.6) is 0 Å². The summed E-state index contributed by atoms with van der Waals surface area (Å²) in [6.07, 6.45) is 10.3. The van der Waals surface area contributed by atoms with Crippen LogP contribution in [0.25, 0.3) is 0 Å². The smallest absolute Gasteiger partial charge is 0.248 e. The first-order valence-electron chi connectivity index (χ1n) is 15.3. The molecule has 1 saturated carbocycles. The third kappa shape index (κ3) is 4.93. The number of fused-ring (bicyclic) bond motifs is 1. The van der Waals surface area contributed by atoms with Crippen molar-refractivity contribution in [2.75, 3.05) is 26.2 Å². The second kappa shape index (κ2) is 12.1. The first kappa shape index (κ1) is 29.5. The van der Waals surface area contributed by atoms with Gasteiger partial charge in [-0.2, -0.15) is 0 Å². The van der Waals surface area contributed by atoms with Crippen LogP contribution in [-0.4, -0.2) is 87.1 Å². The van der Waals surface area contributed by atoms with Gasteiger partial charge in [-0.05, 0) is 37.7 Å². The summed E-state index contributed by atoms with van der Waals surface area (Å²) in [6, 6.07) is 9.00. The normalized spacial score (nSPS) is 30.7. The molecule has 3 heterocycles. The number of nitrogens with zero attached hydrogens (tertiary/aromatic N) is 3. The molecule has 3 amide bonds. The number of aliphatic hydroxyl groups is 1. The summed E-state index contributed by atoms with van der Waals surface area (Å²) in [4.78, 5) is 48.5. The van der Waals surface area contributed by atoms with Gasteiger partial charge in [-0.15, -0.1) is 13.2 Å². The molecule has 1 aromatic carbocycles. The highest BCUT2D eigenvalue weighted by atomic mass is 16.5. The first-order valence-corrected chi connectivity index (χ1v) is 15.3. The molecule has 2 unspecified atom stereocenters. The van der Waals surface area contributed by atoms with Crippen LogP contribution >= 0.6 is 0 Å². The van der Waals surface area contributed by atoms with Crippen molar-refractivity contribution in [3.8, 4) is 0 Å². The number of carbonyl (C=O) groups is 3. The molecule has 41 heavy (non-hydrogen) atoms. The Morgan fingerprint density at radius 1 is 1.07 bits per heavy atom. The van der Waals surface area contributed by atoms with Gasteiger partial charge in [0.2, 0.25) is 17.7 Å². The fraction of sp³-hybridized carbons (Fsp3) is 0.606. The summed E-state index contributed by atoms with van der Waals surface area (Å²) in [5.74, 6) is -2.02. The second-order valence-electron chi connectivity index (χ2n) is 12.2. The van der Waals surface area contributed by atoms with E-state index in [4.69, 9.17) is 4.74 Å². The van der Waals surface area contributed by atoms with Crippen LogP contribution in [-0.2, 0) is 25.7 Å². The van der Waals surface area contributed by atoms with Gasteiger partial charge in [0.05, 0.1) is 24.0 Å². The van der Waals surface area contributed by atoms with E-state index < -0.39 is 29.1 Å². The van der Waals surface area contributed by atoms with Crippen molar-refractivity contribution in [1.29, 1.82) is 0 Å². The van der Waals surface area contributed by atoms with Crippen molar-refractivity contribution in [2.24, 2.45) is 11.8 Å². The molecule has 4 aliphatic rings. The van der Waals surface area contributed by atoms with Gasteiger partial charge in [0.1, 0.15) is 11.6 Å². The number of hydrogen-bond donors (Lipinski definition) is 1. The minimum absolute atomic E-state index is 0.0316. The number of amides is 3. The molecule has 1 spiro atoms. The second-order valence-corrected chi connectivity index (χ2v) is 12.2. The van der Waals surface area contributed by atoms with Crippen molar-refractivity contribution in [1.82, 2.24) is 14.7 Å². The van der Waals surface area contributed by atoms with Crippen molar-refractivity contribution in [2.45, 2.75) is 88.1 Å². The van der Waals surface area contributed by atoms with Gasteiger partial charge in [0.15, 0.2) is 0 Å². The maximum atomic E-state index is 14.6. The van der Waals surface area contributed by atoms with E-state index in [1.165, 1.54) is 4.90 Å². The number of ether oxygens (including phenoxy) is 1. The molecule has 5 atom stereocenters. The average molecular weight is 564 g/mol. The highest BCUT2D eigenvalue weighted by Crippen LogP contribution is 2.64. The summed E-state index contributed by atoms with van der Waals surface area (Å²) in [5, 5.41) is 10.00. The number of rotatable bonds is 12. The Labute approximate surface area is 244 Å². The number of aliphatic hydroxyl groups excluding tert-OH is 1. The molecule has 0 radical (unpaired) electrons. The van der Waals surface area contributed by atoms with E-state index in [0.717, 1.165) is 37.7 Å². The van der Waals surface area contributed by atoms with E-state index in [2.05, 4.69) is 13.2 Å². The van der Waals surface area contributed by atoms with E-state index >= 15 is 0 Å². The molecule has 0 aromatic heterocycles. The van der Waals surface area contributed by atoms with Crippen LogP contribution in [0, 0.1) is 11.8 Å². The summed E-state index contributed by atoms with van der Waals surface area (Å²) in [5.41, 5.74) is -0.918. The molecular weight excluding hydrogens is 518 g/mol. The van der Waals surface area contributed by atoms with Gasteiger partial charge in [-0.1, -0.05) is 68.7 Å². The number of benzene rings is 1. The summed E-state index contributed by atoms with van der Waals surface area (Å²) < 4.78 is 6.94. The molecular formula is C33H45N3O5. The third-order valence-electron chi connectivity index (χ3n) is 10.0. The van der Waals surface area contributed by atoms with Crippen LogP contribution in [0.3, 0.4) is 0 Å². The van der Waals surface area contributed by atoms with Gasteiger partial charge in [-0.3, -0.25) is 14.4 Å². The van der Waals surface area contributed by atoms with E-state index in [1.807, 2.05) is 42.2 Å². The summed E-state index contributed by atoms with van der Waals surface area (Å²) >= 11 is 0. The van der Waals surface area contributed by atoms with Crippen molar-refractivity contribution < 1.29 is 24.2 Å². The van der Waals surface area contributed by atoms with Crippen LogP contribution < -0.4 is 0 Å². The van der Waals surface area contributed by atoms with Gasteiger partial charge in [-0.25, -0.2) is 0 Å². The van der Waals surface area contributed by atoms with Crippen molar-refractivity contribution in [3.05, 3.63) is 61.2 Å². The lowest BCUT2D eigenvalue weighted by molar-refractivity contribution is -0.156. The zero-order valence-electron chi connectivity index (χ0n) is 24.4. The number of likely N-dealkylation sites (tertiary alicyclic amines) is 1. The predicted molar refractivity (Wildman–Crippen MR) is 156 cm³/mol. The SMILES string of the molecule is C=CCN(Cc1ccccc1)C(=O)[C@@H]1[C@H]2C(=O)N(CCO)C(C(=O)N(CC=C)C3CCCCC3)C23CC[C@@]1(CC)O3. The molecule has 3 saturated heterocycles. The third-order valence-corrected chi connectivity index (χ3v) is 10.0. The summed E-state index contributed by atoms with van der Waals surface area (Å²) in [6.45, 7) is 10.7. The Bertz CT molecular complexity index is 1150. The fourth-order valence-corrected chi connectivity index (χ4v) is 8.22. The van der Waals surface area contributed by atoms with Crippen LogP contribution in [0.1, 0.15) is 63.9 Å². The number of β-amino-alcohol motifs (C(OH)–C–C–N with tert-alkyl or cyclic N) is 1. The molecule has 8 nitrogen and oxygen atoms in total. The van der Waals surface area contributed by atoms with Crippen molar-refractivity contribution >= 4 is 17.7 Å². The Balaban J connectivity index is 1.53. The first-order chi connectivity index (χ1) is 19.9. The highest BCUT2D eigenvalue weighted by molar-refractivity contribution is 5.99. The van der Waals surface area contributed by atoms with E-state index in [9.17, 15) is 19.5 Å². The van der Waals surface area contributed by atoms with Crippen LogP contribution in [0.15, 0.2) is 55.6 Å². The number of carbonyl (C=O) groups excluding carboxylic acids is 3. The fourth-order valence-electron chi connectivity index (χ4n) is 8.22. The molecule has 2 bridgehead atoms. The number of hydrogen-bond acceptors (Lipinski definition) is 5. The quantitative estimate of drug-likeness (QED) is 0.392. The lowest BCUT2D eigenvalue weighted by atomic mass is 9.64. The molecule has 5 rings (SSSR count). The van der Waals surface area contributed by atoms with Gasteiger partial charge < -0.3 is 24.5 Å². The average Bonchev–Trinajstić information content (AvgIpc) is 3.60. The van der Waals surface area contributed by atoms with Crippen molar-refractivity contribution in [3.63, 3.8) is 0 Å². The molecule has 3 aliphatic heterocycles. The van der Waals surface area contributed by atoms with Crippen LogP contribution in [0.4, 0.5) is 0 Å². The Morgan fingerprint density at radius 2 is 1.78 bits per heavy atom. The van der Waals surface area contributed by atoms with Gasteiger partial charge in [0.25, 0.3) is 0 Å². The lowest BCUT2D eigenvalue weighted by Gasteiger charge is -2.40. The maximum Gasteiger partial charge on any atom is 0.248 e. The van der Waals surface area contributed by atoms with Gasteiger partial charge >= 0.3 is 0 Å². The molecule has 4 fully saturated rings. The molecule has 1 aliphatic carbocycles. The monoisotopic (exact) mass is 563 g/mol. The van der Waals surface area contributed by atoms with E-state index in [1.54, 1.807) is 17.1 Å². The largest absolute Gasteiger partial charge is 0.395 e. The molecule has 222 valence electrons. The van der Waals surface area contributed by atoms with Gasteiger partial charge in [0, 0.05) is 32.2 Å². The van der Waals surface area contributed by atoms with Crippen LogP contribution in [0.2, 0.25) is 0 Å². The molecule has 8 heteroatoms. The minimum Gasteiger partial charge on any atom is -0.395 e. The zero-order valence-corrected chi connectivity index (χ0v) is 24.4. The maximum absolute atomic E-state index is 14.6. The minimum atomic E-state index is -1.10. The standard InChI is InChI=1S/C33H45N3O5/c1-4-19-34(23-24-13-9-7-10-14-24)29(38)26-27-30(39)36(21-22-37)28(33(27)18-17-32(26,6-3)41-33)31(40)35(20-5-2)25-15-11-8-12-16-25/h4-5,7,9-10,13-14,25-28,37H,1-2,6,8,11-12,15-23H2,3H3/t26-,27-,28?,32+,33?/m0/s1. The highest BCUT2D eigenvalue weighted by Gasteiger charge is 2.79. The Kier molecular flexibility index (Phi) is 8.71.